The van der Waals surface area contributed by atoms with Gasteiger partial charge in [-0.1, -0.05) is 43.0 Å². The van der Waals surface area contributed by atoms with E-state index in [-0.39, 0.29) is 24.3 Å². The van der Waals surface area contributed by atoms with Crippen LogP contribution in [0.1, 0.15) is 48.1 Å². The van der Waals surface area contributed by atoms with Crippen LogP contribution in [0.2, 0.25) is 0 Å². The number of hydrogen-bond donors (Lipinski definition) is 2. The van der Waals surface area contributed by atoms with Crippen LogP contribution in [0, 0.1) is 0 Å². The zero-order valence-electron chi connectivity index (χ0n) is 15.8. The van der Waals surface area contributed by atoms with Crippen LogP contribution < -0.4 is 10.6 Å². The minimum atomic E-state index is -0.287. The van der Waals surface area contributed by atoms with Crippen molar-refractivity contribution in [1.29, 1.82) is 0 Å². The minimum Gasteiger partial charge on any atom is -0.349 e. The van der Waals surface area contributed by atoms with Gasteiger partial charge < -0.3 is 10.6 Å². The Morgan fingerprint density at radius 2 is 1.85 bits per heavy atom. The summed E-state index contributed by atoms with van der Waals surface area (Å²) in [6, 6.07) is 13.8. The Bertz CT molecular complexity index is 857. The summed E-state index contributed by atoms with van der Waals surface area (Å²) in [7, 11) is 0. The van der Waals surface area contributed by atoms with Gasteiger partial charge in [0, 0.05) is 5.69 Å². The van der Waals surface area contributed by atoms with Crippen LogP contribution in [-0.4, -0.2) is 11.8 Å². The fourth-order valence-corrected chi connectivity index (χ4v) is 3.55. The Morgan fingerprint density at radius 3 is 2.63 bits per heavy atom. The van der Waals surface area contributed by atoms with Crippen molar-refractivity contribution in [2.24, 2.45) is 0 Å². The van der Waals surface area contributed by atoms with Crippen LogP contribution in [0.5, 0.6) is 0 Å². The van der Waals surface area contributed by atoms with Crippen molar-refractivity contribution in [2.45, 2.75) is 45.1 Å². The van der Waals surface area contributed by atoms with Crippen molar-refractivity contribution in [3.05, 3.63) is 77.4 Å². The fourth-order valence-electron chi connectivity index (χ4n) is 3.55. The van der Waals surface area contributed by atoms with Crippen LogP contribution in [0.4, 0.5) is 5.69 Å². The van der Waals surface area contributed by atoms with Gasteiger partial charge in [0.25, 0.3) is 0 Å². The SMILES string of the molecule is C=CC(=O)Nc1ccccc1CC(=O)NC(C)c1ccc2c(c1)CCCC2. The summed E-state index contributed by atoms with van der Waals surface area (Å²) in [6.45, 7) is 5.47. The molecule has 0 fully saturated rings. The van der Waals surface area contributed by atoms with E-state index in [0.717, 1.165) is 24.0 Å². The highest BCUT2D eigenvalue weighted by atomic mass is 16.2. The summed E-state index contributed by atoms with van der Waals surface area (Å²) in [4.78, 5) is 24.1. The molecule has 2 aromatic rings. The third kappa shape index (κ3) is 4.85. The van der Waals surface area contributed by atoms with Crippen molar-refractivity contribution in [3.63, 3.8) is 0 Å². The molecule has 0 radical (unpaired) electrons. The maximum Gasteiger partial charge on any atom is 0.247 e. The first-order valence-electron chi connectivity index (χ1n) is 9.49. The summed E-state index contributed by atoms with van der Waals surface area (Å²) in [5, 5.41) is 5.82. The van der Waals surface area contributed by atoms with Gasteiger partial charge in [-0.25, -0.2) is 0 Å². The molecule has 1 atom stereocenters. The van der Waals surface area contributed by atoms with E-state index in [2.05, 4.69) is 35.4 Å². The molecule has 2 amide bonds. The summed E-state index contributed by atoms with van der Waals surface area (Å²) < 4.78 is 0. The van der Waals surface area contributed by atoms with Crippen LogP contribution >= 0.6 is 0 Å². The van der Waals surface area contributed by atoms with Crippen LogP contribution in [0.15, 0.2) is 55.1 Å². The first-order chi connectivity index (χ1) is 13.1. The van der Waals surface area contributed by atoms with E-state index in [1.54, 1.807) is 6.07 Å². The smallest absolute Gasteiger partial charge is 0.247 e. The molecule has 0 saturated carbocycles. The number of benzene rings is 2. The molecule has 27 heavy (non-hydrogen) atoms. The molecule has 0 aromatic heterocycles. The standard InChI is InChI=1S/C23H26N2O2/c1-3-22(26)25-21-11-7-6-10-20(21)15-23(27)24-16(2)18-13-12-17-8-4-5-9-19(17)14-18/h3,6-7,10-14,16H,1,4-5,8-9,15H2,2H3,(H,24,27)(H,25,26). The minimum absolute atomic E-state index is 0.0559. The Labute approximate surface area is 160 Å². The fraction of sp³-hybridized carbons (Fsp3) is 0.304. The third-order valence-electron chi connectivity index (χ3n) is 5.06. The van der Waals surface area contributed by atoms with E-state index in [9.17, 15) is 9.59 Å². The van der Waals surface area contributed by atoms with E-state index in [1.807, 2.05) is 25.1 Å². The quantitative estimate of drug-likeness (QED) is 0.760. The largest absolute Gasteiger partial charge is 0.349 e. The topological polar surface area (TPSA) is 58.2 Å². The molecule has 140 valence electrons. The number of carbonyl (C=O) groups excluding carboxylic acids is 2. The Balaban J connectivity index is 1.66. The van der Waals surface area contributed by atoms with Gasteiger partial charge in [-0.15, -0.1) is 0 Å². The van der Waals surface area contributed by atoms with Crippen molar-refractivity contribution in [2.75, 3.05) is 5.32 Å². The molecule has 2 aromatic carbocycles. The Hall–Kier alpha value is -2.88. The number of para-hydroxylation sites is 1. The van der Waals surface area contributed by atoms with Crippen LogP contribution in [0.25, 0.3) is 0 Å². The first kappa shape index (κ1) is 18.9. The molecule has 1 unspecified atom stereocenters. The number of aryl methyl sites for hydroxylation is 2. The van der Waals surface area contributed by atoms with Crippen molar-refractivity contribution in [3.8, 4) is 0 Å². The van der Waals surface area contributed by atoms with Gasteiger partial charge in [-0.3, -0.25) is 9.59 Å². The number of amides is 2. The molecule has 1 aliphatic carbocycles. The van der Waals surface area contributed by atoms with Gasteiger partial charge in [0.05, 0.1) is 12.5 Å². The van der Waals surface area contributed by atoms with Gasteiger partial charge in [0.15, 0.2) is 0 Å². The second-order valence-electron chi connectivity index (χ2n) is 7.05. The number of rotatable bonds is 6. The average molecular weight is 362 g/mol. The van der Waals surface area contributed by atoms with Crippen molar-refractivity contribution >= 4 is 17.5 Å². The molecule has 0 heterocycles. The average Bonchev–Trinajstić information content (AvgIpc) is 2.68. The predicted octanol–water partition coefficient (Wildman–Crippen LogP) is 4.11. The molecule has 1 aliphatic rings. The van der Waals surface area contributed by atoms with Crippen LogP contribution in [-0.2, 0) is 28.9 Å². The summed E-state index contributed by atoms with van der Waals surface area (Å²) >= 11 is 0. The molecule has 0 aliphatic heterocycles. The maximum atomic E-state index is 12.5. The molecule has 0 spiro atoms. The molecule has 4 nitrogen and oxygen atoms in total. The highest BCUT2D eigenvalue weighted by molar-refractivity contribution is 5.99. The summed E-state index contributed by atoms with van der Waals surface area (Å²) in [5.74, 6) is -0.356. The lowest BCUT2D eigenvalue weighted by atomic mass is 9.89. The van der Waals surface area contributed by atoms with E-state index in [4.69, 9.17) is 0 Å². The number of hydrogen-bond acceptors (Lipinski definition) is 2. The van der Waals surface area contributed by atoms with E-state index < -0.39 is 0 Å². The summed E-state index contributed by atoms with van der Waals surface area (Å²) in [5.41, 5.74) is 5.41. The normalized spacial score (nSPS) is 14.0. The van der Waals surface area contributed by atoms with Crippen molar-refractivity contribution in [1.82, 2.24) is 5.32 Å². The number of carbonyl (C=O) groups is 2. The maximum absolute atomic E-state index is 12.5. The molecule has 3 rings (SSSR count). The lowest BCUT2D eigenvalue weighted by Crippen LogP contribution is -2.28. The zero-order chi connectivity index (χ0) is 19.2. The van der Waals surface area contributed by atoms with Gasteiger partial charge in [0.2, 0.25) is 11.8 Å². The molecule has 0 saturated heterocycles. The molecule has 2 N–H and O–H groups in total. The number of fused-ring (bicyclic) bond motifs is 1. The molecule has 4 heteroatoms. The highest BCUT2D eigenvalue weighted by Gasteiger charge is 2.15. The Kier molecular flexibility index (Phi) is 6.07. The van der Waals surface area contributed by atoms with Gasteiger partial charge in [-0.2, -0.15) is 0 Å². The zero-order valence-corrected chi connectivity index (χ0v) is 15.8. The molecular formula is C23H26N2O2. The van der Waals surface area contributed by atoms with Crippen LogP contribution in [0.3, 0.4) is 0 Å². The lowest BCUT2D eigenvalue weighted by molar-refractivity contribution is -0.121. The first-order valence-corrected chi connectivity index (χ1v) is 9.49. The monoisotopic (exact) mass is 362 g/mol. The predicted molar refractivity (Wildman–Crippen MR) is 109 cm³/mol. The van der Waals surface area contributed by atoms with Gasteiger partial charge >= 0.3 is 0 Å². The number of nitrogens with one attached hydrogen (secondary N) is 2. The number of anilines is 1. The second kappa shape index (κ2) is 8.67. The highest BCUT2D eigenvalue weighted by Crippen LogP contribution is 2.25. The van der Waals surface area contributed by atoms with Gasteiger partial charge in [-0.05, 0) is 67.0 Å². The van der Waals surface area contributed by atoms with E-state index in [0.29, 0.717) is 5.69 Å². The van der Waals surface area contributed by atoms with Crippen molar-refractivity contribution < 1.29 is 9.59 Å². The van der Waals surface area contributed by atoms with E-state index >= 15 is 0 Å². The third-order valence-corrected chi connectivity index (χ3v) is 5.06. The van der Waals surface area contributed by atoms with E-state index in [1.165, 1.54) is 30.0 Å². The summed E-state index contributed by atoms with van der Waals surface area (Å²) in [6.07, 6.45) is 6.21. The molecule has 0 bridgehead atoms. The lowest BCUT2D eigenvalue weighted by Gasteiger charge is -2.20. The second-order valence-corrected chi connectivity index (χ2v) is 7.05. The van der Waals surface area contributed by atoms with Gasteiger partial charge in [0.1, 0.15) is 0 Å². The molecular weight excluding hydrogens is 336 g/mol. The Morgan fingerprint density at radius 1 is 1.11 bits per heavy atom.